The number of aromatic nitrogens is 2. The zero-order valence-corrected chi connectivity index (χ0v) is 14.6. The summed E-state index contributed by atoms with van der Waals surface area (Å²) in [6.07, 6.45) is 1.64. The van der Waals surface area contributed by atoms with Crippen LogP contribution in [0.4, 0.5) is 0 Å². The van der Waals surface area contributed by atoms with Crippen LogP contribution in [0.25, 0.3) is 10.9 Å². The van der Waals surface area contributed by atoms with Crippen molar-refractivity contribution in [2.45, 2.75) is 5.21 Å². The Kier molecular flexibility index (Phi) is 4.59. The molecule has 112 valence electrons. The van der Waals surface area contributed by atoms with Gasteiger partial charge in [-0.3, -0.25) is 0 Å². The SMILES string of the molecule is COc1cc2ncnc([AsH]Cc3ccccc3)c2cc1OC. The second kappa shape index (κ2) is 6.80. The van der Waals surface area contributed by atoms with Crippen LogP contribution in [0.1, 0.15) is 5.56 Å². The molecule has 1 atom stereocenters. The van der Waals surface area contributed by atoms with E-state index in [4.69, 9.17) is 9.47 Å². The van der Waals surface area contributed by atoms with Crippen molar-refractivity contribution in [3.63, 3.8) is 0 Å². The topological polar surface area (TPSA) is 44.2 Å². The molecule has 1 heterocycles. The van der Waals surface area contributed by atoms with Crippen LogP contribution in [0.5, 0.6) is 11.5 Å². The van der Waals surface area contributed by atoms with Crippen LogP contribution in [0.2, 0.25) is 0 Å². The predicted octanol–water partition coefficient (Wildman–Crippen LogP) is 1.91. The van der Waals surface area contributed by atoms with Gasteiger partial charge in [-0.15, -0.1) is 0 Å². The van der Waals surface area contributed by atoms with Crippen molar-refractivity contribution < 1.29 is 9.47 Å². The second-order valence-corrected chi connectivity index (χ2v) is 7.26. The Balaban J connectivity index is 1.95. The van der Waals surface area contributed by atoms with Gasteiger partial charge in [-0.2, -0.15) is 0 Å². The minimum absolute atomic E-state index is 0.383. The van der Waals surface area contributed by atoms with Gasteiger partial charge in [0.05, 0.1) is 0 Å². The van der Waals surface area contributed by atoms with E-state index in [0.717, 1.165) is 26.3 Å². The van der Waals surface area contributed by atoms with Crippen molar-refractivity contribution in [1.82, 2.24) is 9.97 Å². The molecule has 3 aromatic rings. The van der Waals surface area contributed by atoms with Crippen molar-refractivity contribution in [2.75, 3.05) is 14.2 Å². The third kappa shape index (κ3) is 3.07. The Morgan fingerprint density at radius 2 is 1.68 bits per heavy atom. The number of fused-ring (bicyclic) bond motifs is 1. The molecule has 5 heteroatoms. The van der Waals surface area contributed by atoms with Gasteiger partial charge in [0.25, 0.3) is 0 Å². The van der Waals surface area contributed by atoms with Gasteiger partial charge in [0.15, 0.2) is 0 Å². The van der Waals surface area contributed by atoms with Crippen molar-refractivity contribution in [3.8, 4) is 11.5 Å². The molecule has 0 bridgehead atoms. The summed E-state index contributed by atoms with van der Waals surface area (Å²) in [5.74, 6) is 1.42. The fourth-order valence-electron chi connectivity index (χ4n) is 2.31. The fraction of sp³-hybridized carbons (Fsp3) is 0.176. The summed E-state index contributed by atoms with van der Waals surface area (Å²) in [6.45, 7) is 0. The van der Waals surface area contributed by atoms with Gasteiger partial charge in [-0.05, 0) is 0 Å². The van der Waals surface area contributed by atoms with Gasteiger partial charge in [0, 0.05) is 0 Å². The summed E-state index contributed by atoms with van der Waals surface area (Å²) in [6, 6.07) is 14.4. The maximum absolute atomic E-state index is 5.40. The van der Waals surface area contributed by atoms with E-state index in [1.165, 1.54) is 5.56 Å². The molecule has 2 aromatic carbocycles. The first-order chi connectivity index (χ1) is 10.8. The van der Waals surface area contributed by atoms with Gasteiger partial charge >= 0.3 is 136 Å². The van der Waals surface area contributed by atoms with E-state index in [1.54, 1.807) is 20.5 Å². The zero-order chi connectivity index (χ0) is 15.4. The van der Waals surface area contributed by atoms with Gasteiger partial charge in [-0.25, -0.2) is 0 Å². The van der Waals surface area contributed by atoms with Crippen LogP contribution < -0.4 is 14.0 Å². The third-order valence-corrected chi connectivity index (χ3v) is 6.21. The standard InChI is InChI=1S/C17H17AsN2O2/c1-21-15-8-13-14(9-16(15)22-2)19-11-20-17(13)18-10-12-6-4-3-5-7-12/h3-9,11,18H,10H2,1-2H3. The Bertz CT molecular complexity index is 778. The quantitative estimate of drug-likeness (QED) is 0.655. The summed E-state index contributed by atoms with van der Waals surface area (Å²) < 4.78 is 11.9. The molecule has 0 aliphatic rings. The molecule has 0 spiro atoms. The molecule has 0 saturated heterocycles. The molecule has 0 aliphatic heterocycles. The molecule has 0 N–H and O–H groups in total. The fourth-order valence-corrected chi connectivity index (χ4v) is 4.71. The van der Waals surface area contributed by atoms with E-state index in [1.807, 2.05) is 18.2 Å². The summed E-state index contributed by atoms with van der Waals surface area (Å²) >= 11 is -0.383. The van der Waals surface area contributed by atoms with E-state index >= 15 is 0 Å². The predicted molar refractivity (Wildman–Crippen MR) is 89.6 cm³/mol. The first kappa shape index (κ1) is 14.9. The average molecular weight is 356 g/mol. The summed E-state index contributed by atoms with van der Waals surface area (Å²) in [4.78, 5) is 8.86. The van der Waals surface area contributed by atoms with Crippen LogP contribution in [-0.4, -0.2) is 39.9 Å². The van der Waals surface area contributed by atoms with E-state index in [-0.39, 0.29) is 15.8 Å². The molecular weight excluding hydrogens is 339 g/mol. The second-order valence-electron chi connectivity index (χ2n) is 4.79. The Morgan fingerprint density at radius 3 is 2.41 bits per heavy atom. The molecule has 22 heavy (non-hydrogen) atoms. The Labute approximate surface area is 136 Å². The third-order valence-electron chi connectivity index (χ3n) is 3.44. The van der Waals surface area contributed by atoms with E-state index in [2.05, 4.69) is 34.2 Å². The van der Waals surface area contributed by atoms with Crippen LogP contribution in [0.3, 0.4) is 0 Å². The Morgan fingerprint density at radius 1 is 0.955 bits per heavy atom. The van der Waals surface area contributed by atoms with E-state index < -0.39 is 0 Å². The first-order valence-electron chi connectivity index (χ1n) is 6.96. The Hall–Kier alpha value is -2.06. The molecule has 1 aromatic heterocycles. The van der Waals surface area contributed by atoms with Crippen molar-refractivity contribution >= 4 is 31.1 Å². The summed E-state index contributed by atoms with van der Waals surface area (Å²) in [5, 5.41) is 2.14. The number of ether oxygens (including phenoxy) is 2. The number of nitrogens with zero attached hydrogens (tertiary/aromatic N) is 2. The molecule has 4 nitrogen and oxygen atoms in total. The zero-order valence-electron chi connectivity index (χ0n) is 12.5. The van der Waals surface area contributed by atoms with Crippen molar-refractivity contribution in [1.29, 1.82) is 0 Å². The van der Waals surface area contributed by atoms with Crippen molar-refractivity contribution in [3.05, 3.63) is 54.4 Å². The van der Waals surface area contributed by atoms with Crippen LogP contribution in [-0.2, 0) is 5.21 Å². The van der Waals surface area contributed by atoms with E-state index in [9.17, 15) is 0 Å². The van der Waals surface area contributed by atoms with Gasteiger partial charge in [0.1, 0.15) is 0 Å². The minimum atomic E-state index is -0.383. The molecule has 0 amide bonds. The molecule has 0 saturated carbocycles. The number of benzene rings is 2. The molecular formula is C17H17AsN2O2. The van der Waals surface area contributed by atoms with Crippen LogP contribution >= 0.6 is 0 Å². The molecule has 3 rings (SSSR count). The van der Waals surface area contributed by atoms with Gasteiger partial charge < -0.3 is 0 Å². The summed E-state index contributed by atoms with van der Waals surface area (Å²) in [5.41, 5.74) is 2.26. The molecule has 1 unspecified atom stereocenters. The van der Waals surface area contributed by atoms with Gasteiger partial charge in [0.2, 0.25) is 0 Å². The van der Waals surface area contributed by atoms with Crippen molar-refractivity contribution in [2.24, 2.45) is 0 Å². The van der Waals surface area contributed by atoms with E-state index in [0.29, 0.717) is 5.75 Å². The monoisotopic (exact) mass is 356 g/mol. The maximum atomic E-state index is 5.40. The van der Waals surface area contributed by atoms with Crippen LogP contribution in [0, 0.1) is 0 Å². The number of hydrogen-bond donors (Lipinski definition) is 0. The first-order valence-corrected chi connectivity index (χ1v) is 9.49. The van der Waals surface area contributed by atoms with Crippen LogP contribution in [0.15, 0.2) is 48.8 Å². The molecule has 0 fully saturated rings. The normalized spacial score (nSPS) is 11.2. The number of hydrogen-bond acceptors (Lipinski definition) is 4. The number of methoxy groups -OCH3 is 2. The number of rotatable bonds is 5. The average Bonchev–Trinajstić information content (AvgIpc) is 2.59. The molecule has 0 aliphatic carbocycles. The molecule has 0 radical (unpaired) electrons. The van der Waals surface area contributed by atoms with Gasteiger partial charge in [-0.1, -0.05) is 0 Å². The summed E-state index contributed by atoms with van der Waals surface area (Å²) in [7, 11) is 3.28.